The van der Waals surface area contributed by atoms with Crippen molar-refractivity contribution in [1.29, 1.82) is 0 Å². The summed E-state index contributed by atoms with van der Waals surface area (Å²) in [6.45, 7) is 6.00. The quantitative estimate of drug-likeness (QED) is 0.663. The fourth-order valence-corrected chi connectivity index (χ4v) is 1.87. The van der Waals surface area contributed by atoms with Crippen molar-refractivity contribution in [2.24, 2.45) is 0 Å². The lowest BCUT2D eigenvalue weighted by Crippen LogP contribution is -2.34. The smallest absolute Gasteiger partial charge is 0.251 e. The Bertz CT molecular complexity index is 491. The number of carbonyl (C=O) groups is 1. The molecular weight excluding hydrogens is 260 g/mol. The molecule has 0 radical (unpaired) electrons. The third kappa shape index (κ3) is 4.57. The van der Waals surface area contributed by atoms with Gasteiger partial charge < -0.3 is 5.32 Å². The van der Waals surface area contributed by atoms with Gasteiger partial charge in [0.05, 0.1) is 0 Å². The second-order valence-electron chi connectivity index (χ2n) is 4.74. The highest BCUT2D eigenvalue weighted by Gasteiger charge is 2.14. The van der Waals surface area contributed by atoms with Crippen molar-refractivity contribution in [2.45, 2.75) is 45.6 Å². The Kier molecular flexibility index (Phi) is 5.85. The Morgan fingerprint density at radius 1 is 1.53 bits per heavy atom. The van der Waals surface area contributed by atoms with Crippen LogP contribution in [0.2, 0.25) is 5.15 Å². The molecule has 1 heterocycles. The molecule has 1 aromatic heterocycles. The molecule has 0 saturated carbocycles. The maximum absolute atomic E-state index is 12.1. The van der Waals surface area contributed by atoms with Gasteiger partial charge in [0.15, 0.2) is 0 Å². The first kappa shape index (κ1) is 15.5. The van der Waals surface area contributed by atoms with Gasteiger partial charge in [0.1, 0.15) is 5.15 Å². The first-order chi connectivity index (χ1) is 8.97. The molecule has 3 nitrogen and oxygen atoms in total. The number of nitrogens with one attached hydrogen (secondary N) is 1. The van der Waals surface area contributed by atoms with Crippen LogP contribution in [0.25, 0.3) is 0 Å². The molecule has 1 rings (SSSR count). The zero-order valence-electron chi connectivity index (χ0n) is 11.5. The molecule has 1 N–H and O–H groups in total. The van der Waals surface area contributed by atoms with Gasteiger partial charge in [-0.1, -0.05) is 32.4 Å². The number of hydrogen-bond donors (Lipinski definition) is 1. The number of nitrogens with zero attached hydrogens (tertiary/aromatic N) is 1. The number of aromatic nitrogens is 1. The van der Waals surface area contributed by atoms with Crippen LogP contribution in [0.3, 0.4) is 0 Å². The van der Waals surface area contributed by atoms with Crippen LogP contribution in [0.4, 0.5) is 0 Å². The molecule has 0 saturated heterocycles. The fourth-order valence-electron chi connectivity index (χ4n) is 1.65. The molecule has 1 aromatic rings. The Morgan fingerprint density at radius 3 is 2.74 bits per heavy atom. The van der Waals surface area contributed by atoms with Gasteiger partial charge in [-0.15, -0.1) is 12.3 Å². The van der Waals surface area contributed by atoms with Crippen molar-refractivity contribution < 1.29 is 4.79 Å². The average molecular weight is 279 g/mol. The molecule has 1 amide bonds. The van der Waals surface area contributed by atoms with E-state index >= 15 is 0 Å². The summed E-state index contributed by atoms with van der Waals surface area (Å²) in [6.07, 6.45) is 6.60. The molecule has 0 aliphatic carbocycles. The topological polar surface area (TPSA) is 42.0 Å². The standard InChI is InChI=1S/C15H19ClN2O/c1-5-7-12(6-2)17-15(19)11-8-13(10(3)4)18-14(16)9-11/h1,8-10,12H,6-7H2,2-4H3,(H,17,19). The van der Waals surface area contributed by atoms with E-state index in [-0.39, 0.29) is 17.9 Å². The molecule has 0 fully saturated rings. The van der Waals surface area contributed by atoms with Crippen molar-refractivity contribution in [2.75, 3.05) is 0 Å². The van der Waals surface area contributed by atoms with Crippen LogP contribution >= 0.6 is 11.6 Å². The van der Waals surface area contributed by atoms with Crippen molar-refractivity contribution in [3.63, 3.8) is 0 Å². The minimum Gasteiger partial charge on any atom is -0.348 e. The Labute approximate surface area is 119 Å². The number of amides is 1. The van der Waals surface area contributed by atoms with Gasteiger partial charge in [-0.2, -0.15) is 0 Å². The van der Waals surface area contributed by atoms with Gasteiger partial charge in [0, 0.05) is 23.7 Å². The van der Waals surface area contributed by atoms with E-state index in [1.165, 1.54) is 0 Å². The van der Waals surface area contributed by atoms with Gasteiger partial charge in [0.2, 0.25) is 0 Å². The Balaban J connectivity index is 2.90. The van der Waals surface area contributed by atoms with Crippen LogP contribution in [0, 0.1) is 12.3 Å². The van der Waals surface area contributed by atoms with Crippen molar-refractivity contribution in [1.82, 2.24) is 10.3 Å². The summed E-state index contributed by atoms with van der Waals surface area (Å²) in [6, 6.07) is 3.34. The molecule has 0 aliphatic heterocycles. The normalized spacial score (nSPS) is 12.0. The van der Waals surface area contributed by atoms with Crippen LogP contribution in [-0.2, 0) is 0 Å². The van der Waals surface area contributed by atoms with Gasteiger partial charge in [-0.25, -0.2) is 4.98 Å². The van der Waals surface area contributed by atoms with Gasteiger partial charge in [-0.3, -0.25) is 4.79 Å². The number of carbonyl (C=O) groups excluding carboxylic acids is 1. The Hall–Kier alpha value is -1.53. The molecule has 0 spiro atoms. The number of terminal acetylenes is 1. The maximum Gasteiger partial charge on any atom is 0.251 e. The molecule has 0 bridgehead atoms. The highest BCUT2D eigenvalue weighted by Crippen LogP contribution is 2.18. The van der Waals surface area contributed by atoms with E-state index in [0.717, 1.165) is 12.1 Å². The number of hydrogen-bond acceptors (Lipinski definition) is 2. The van der Waals surface area contributed by atoms with E-state index in [2.05, 4.69) is 16.2 Å². The zero-order valence-corrected chi connectivity index (χ0v) is 12.3. The SMILES string of the molecule is C#CCC(CC)NC(=O)c1cc(Cl)nc(C(C)C)c1. The van der Waals surface area contributed by atoms with E-state index in [1.54, 1.807) is 12.1 Å². The highest BCUT2D eigenvalue weighted by atomic mass is 35.5. The zero-order chi connectivity index (χ0) is 14.4. The fraction of sp³-hybridized carbons (Fsp3) is 0.467. The van der Waals surface area contributed by atoms with E-state index in [0.29, 0.717) is 17.1 Å². The van der Waals surface area contributed by atoms with E-state index in [9.17, 15) is 4.79 Å². The molecule has 19 heavy (non-hydrogen) atoms. The Morgan fingerprint density at radius 2 is 2.21 bits per heavy atom. The minimum atomic E-state index is -0.159. The van der Waals surface area contributed by atoms with Crippen LogP contribution in [0.5, 0.6) is 0 Å². The lowest BCUT2D eigenvalue weighted by molar-refractivity contribution is 0.0936. The first-order valence-electron chi connectivity index (χ1n) is 6.39. The summed E-state index contributed by atoms with van der Waals surface area (Å²) in [5, 5.41) is 3.24. The maximum atomic E-state index is 12.1. The number of rotatable bonds is 5. The van der Waals surface area contributed by atoms with Crippen LogP contribution < -0.4 is 5.32 Å². The third-order valence-electron chi connectivity index (χ3n) is 2.86. The average Bonchev–Trinajstić information content (AvgIpc) is 2.37. The first-order valence-corrected chi connectivity index (χ1v) is 6.77. The van der Waals surface area contributed by atoms with E-state index in [4.69, 9.17) is 18.0 Å². The van der Waals surface area contributed by atoms with E-state index < -0.39 is 0 Å². The van der Waals surface area contributed by atoms with Crippen molar-refractivity contribution in [3.05, 3.63) is 28.5 Å². The van der Waals surface area contributed by atoms with E-state index in [1.807, 2.05) is 20.8 Å². The molecule has 1 unspecified atom stereocenters. The summed E-state index contributed by atoms with van der Waals surface area (Å²) in [4.78, 5) is 16.4. The summed E-state index contributed by atoms with van der Waals surface area (Å²) < 4.78 is 0. The molecule has 102 valence electrons. The largest absolute Gasteiger partial charge is 0.348 e. The molecular formula is C15H19ClN2O. The number of pyridine rings is 1. The monoisotopic (exact) mass is 278 g/mol. The van der Waals surface area contributed by atoms with Crippen LogP contribution in [0.15, 0.2) is 12.1 Å². The van der Waals surface area contributed by atoms with Gasteiger partial charge in [-0.05, 0) is 24.5 Å². The minimum absolute atomic E-state index is 0.00746. The molecule has 4 heteroatoms. The van der Waals surface area contributed by atoms with Crippen molar-refractivity contribution >= 4 is 17.5 Å². The third-order valence-corrected chi connectivity index (χ3v) is 3.05. The molecule has 0 aromatic carbocycles. The predicted molar refractivity (Wildman–Crippen MR) is 78.3 cm³/mol. The second-order valence-corrected chi connectivity index (χ2v) is 5.13. The molecule has 1 atom stereocenters. The lowest BCUT2D eigenvalue weighted by Gasteiger charge is -2.15. The second kappa shape index (κ2) is 7.16. The van der Waals surface area contributed by atoms with Crippen molar-refractivity contribution in [3.8, 4) is 12.3 Å². The predicted octanol–water partition coefficient (Wildman–Crippen LogP) is 3.39. The summed E-state index contributed by atoms with van der Waals surface area (Å²) >= 11 is 5.95. The summed E-state index contributed by atoms with van der Waals surface area (Å²) in [7, 11) is 0. The highest BCUT2D eigenvalue weighted by molar-refractivity contribution is 6.29. The summed E-state index contributed by atoms with van der Waals surface area (Å²) in [5.74, 6) is 2.62. The van der Waals surface area contributed by atoms with Crippen LogP contribution in [-0.4, -0.2) is 16.9 Å². The van der Waals surface area contributed by atoms with Gasteiger partial charge in [0.25, 0.3) is 5.91 Å². The van der Waals surface area contributed by atoms with Crippen LogP contribution in [0.1, 0.15) is 55.6 Å². The lowest BCUT2D eigenvalue weighted by atomic mass is 10.1. The number of halogens is 1. The summed E-state index contributed by atoms with van der Waals surface area (Å²) in [5.41, 5.74) is 1.34. The molecule has 0 aliphatic rings. The van der Waals surface area contributed by atoms with Gasteiger partial charge >= 0.3 is 0 Å².